The Bertz CT molecular complexity index is 316. The summed E-state index contributed by atoms with van der Waals surface area (Å²) in [5.74, 6) is 0. The van der Waals surface area contributed by atoms with E-state index in [0.717, 1.165) is 38.3 Å². The molecule has 0 spiro atoms. The molecule has 1 aliphatic heterocycles. The van der Waals surface area contributed by atoms with E-state index in [2.05, 4.69) is 30.3 Å². The van der Waals surface area contributed by atoms with Crippen LogP contribution >= 0.6 is 0 Å². The fraction of sp³-hybridized carbons (Fsp3) is 0.750. The van der Waals surface area contributed by atoms with E-state index in [1.165, 1.54) is 0 Å². The van der Waals surface area contributed by atoms with E-state index in [1.54, 1.807) is 0 Å². The highest BCUT2D eigenvalue weighted by Gasteiger charge is 2.13. The molecule has 16 heavy (non-hydrogen) atoms. The third-order valence-electron chi connectivity index (χ3n) is 2.99. The number of nitrogens with one attached hydrogen (secondary N) is 1. The zero-order chi connectivity index (χ0) is 11.4. The number of rotatable bonds is 4. The highest BCUT2D eigenvalue weighted by Crippen LogP contribution is 2.08. The quantitative estimate of drug-likeness (QED) is 0.845. The molecule has 1 saturated heterocycles. The Kier molecular flexibility index (Phi) is 3.96. The summed E-state index contributed by atoms with van der Waals surface area (Å²) in [7, 11) is 0. The average molecular weight is 223 g/mol. The van der Waals surface area contributed by atoms with Gasteiger partial charge < -0.3 is 10.1 Å². The zero-order valence-corrected chi connectivity index (χ0v) is 10.1. The number of ether oxygens (including phenoxy) is 1. The molecule has 2 rings (SSSR count). The van der Waals surface area contributed by atoms with Crippen molar-refractivity contribution in [1.82, 2.24) is 15.1 Å². The van der Waals surface area contributed by atoms with Crippen LogP contribution in [0.25, 0.3) is 0 Å². The Labute approximate surface area is 97.0 Å². The van der Waals surface area contributed by atoms with E-state index in [4.69, 9.17) is 4.74 Å². The number of aromatic nitrogens is 2. The summed E-state index contributed by atoms with van der Waals surface area (Å²) < 4.78 is 7.33. The lowest BCUT2D eigenvalue weighted by Crippen LogP contribution is -2.34. The van der Waals surface area contributed by atoms with Crippen LogP contribution in [0.3, 0.4) is 0 Å². The number of nitrogens with zero attached hydrogens (tertiary/aromatic N) is 2. The van der Waals surface area contributed by atoms with Crippen LogP contribution in [-0.4, -0.2) is 29.0 Å². The van der Waals surface area contributed by atoms with Gasteiger partial charge in [-0.1, -0.05) is 0 Å². The summed E-state index contributed by atoms with van der Waals surface area (Å²) in [5, 5.41) is 8.05. The Hall–Kier alpha value is -0.870. The molecule has 0 amide bonds. The summed E-state index contributed by atoms with van der Waals surface area (Å²) in [5.41, 5.74) is 1.13. The average Bonchev–Trinajstić information content (AvgIpc) is 2.76. The van der Waals surface area contributed by atoms with Crippen LogP contribution in [0.5, 0.6) is 0 Å². The van der Waals surface area contributed by atoms with Gasteiger partial charge in [0.05, 0.1) is 5.69 Å². The van der Waals surface area contributed by atoms with Crippen molar-refractivity contribution in [2.75, 3.05) is 13.2 Å². The van der Waals surface area contributed by atoms with Gasteiger partial charge in [-0.3, -0.25) is 4.68 Å². The molecule has 4 heteroatoms. The Balaban J connectivity index is 1.79. The molecule has 4 nitrogen and oxygen atoms in total. The maximum atomic E-state index is 5.33. The van der Waals surface area contributed by atoms with Crippen molar-refractivity contribution in [2.45, 2.75) is 45.3 Å². The number of hydrogen-bond acceptors (Lipinski definition) is 3. The van der Waals surface area contributed by atoms with Crippen LogP contribution in [0.2, 0.25) is 0 Å². The van der Waals surface area contributed by atoms with Crippen molar-refractivity contribution in [3.05, 3.63) is 18.0 Å². The highest BCUT2D eigenvalue weighted by molar-refractivity contribution is 4.99. The van der Waals surface area contributed by atoms with Gasteiger partial charge in [0.25, 0.3) is 0 Å². The predicted molar refractivity (Wildman–Crippen MR) is 63.3 cm³/mol. The van der Waals surface area contributed by atoms with Crippen molar-refractivity contribution in [3.63, 3.8) is 0 Å². The normalized spacial score (nSPS) is 18.2. The molecule has 0 radical (unpaired) electrons. The van der Waals surface area contributed by atoms with Gasteiger partial charge in [-0.15, -0.1) is 0 Å². The van der Waals surface area contributed by atoms with Crippen LogP contribution in [0.1, 0.15) is 38.4 Å². The van der Waals surface area contributed by atoms with Gasteiger partial charge in [-0.25, -0.2) is 0 Å². The molecule has 1 aromatic heterocycles. The van der Waals surface area contributed by atoms with E-state index in [9.17, 15) is 0 Å². The molecule has 1 N–H and O–H groups in total. The maximum absolute atomic E-state index is 5.33. The largest absolute Gasteiger partial charge is 0.381 e. The molecule has 0 aliphatic carbocycles. The van der Waals surface area contributed by atoms with E-state index in [-0.39, 0.29) is 0 Å². The molecule has 0 aromatic carbocycles. The first kappa shape index (κ1) is 11.6. The molecule has 1 aromatic rings. The molecule has 1 aliphatic rings. The summed E-state index contributed by atoms with van der Waals surface area (Å²) in [6.45, 7) is 6.92. The SMILES string of the molecule is CC(C)n1ccc(CNC2CCOCC2)n1. The lowest BCUT2D eigenvalue weighted by Gasteiger charge is -2.22. The molecule has 0 saturated carbocycles. The maximum Gasteiger partial charge on any atom is 0.0762 e. The third-order valence-corrected chi connectivity index (χ3v) is 2.99. The van der Waals surface area contributed by atoms with Crippen LogP contribution in [0.4, 0.5) is 0 Å². The van der Waals surface area contributed by atoms with Crippen LogP contribution in [-0.2, 0) is 11.3 Å². The Morgan fingerprint density at radius 2 is 2.25 bits per heavy atom. The standard InChI is InChI=1S/C12H21N3O/c1-10(2)15-6-3-12(14-15)9-13-11-4-7-16-8-5-11/h3,6,10-11,13H,4-5,7-9H2,1-2H3. The van der Waals surface area contributed by atoms with Gasteiger partial charge in [0.15, 0.2) is 0 Å². The second kappa shape index (κ2) is 5.46. The summed E-state index contributed by atoms with van der Waals surface area (Å²) in [4.78, 5) is 0. The second-order valence-corrected chi connectivity index (χ2v) is 4.65. The first-order valence-electron chi connectivity index (χ1n) is 6.11. The summed E-state index contributed by atoms with van der Waals surface area (Å²) in [6.07, 6.45) is 4.28. The number of hydrogen-bond donors (Lipinski definition) is 1. The first-order valence-corrected chi connectivity index (χ1v) is 6.11. The molecule has 0 unspecified atom stereocenters. The highest BCUT2D eigenvalue weighted by atomic mass is 16.5. The Morgan fingerprint density at radius 3 is 2.88 bits per heavy atom. The van der Waals surface area contributed by atoms with E-state index < -0.39 is 0 Å². The lowest BCUT2D eigenvalue weighted by molar-refractivity contribution is 0.0775. The molecule has 0 bridgehead atoms. The minimum Gasteiger partial charge on any atom is -0.381 e. The monoisotopic (exact) mass is 223 g/mol. The van der Waals surface area contributed by atoms with E-state index >= 15 is 0 Å². The van der Waals surface area contributed by atoms with Crippen LogP contribution < -0.4 is 5.32 Å². The molecular formula is C12H21N3O. The van der Waals surface area contributed by atoms with Crippen molar-refractivity contribution < 1.29 is 4.74 Å². The lowest BCUT2D eigenvalue weighted by atomic mass is 10.1. The van der Waals surface area contributed by atoms with Gasteiger partial charge >= 0.3 is 0 Å². The Morgan fingerprint density at radius 1 is 1.50 bits per heavy atom. The second-order valence-electron chi connectivity index (χ2n) is 4.65. The summed E-state index contributed by atoms with van der Waals surface area (Å²) in [6, 6.07) is 3.13. The van der Waals surface area contributed by atoms with Gasteiger partial charge in [0.1, 0.15) is 0 Å². The zero-order valence-electron chi connectivity index (χ0n) is 10.1. The van der Waals surface area contributed by atoms with Crippen molar-refractivity contribution in [1.29, 1.82) is 0 Å². The molecule has 2 heterocycles. The first-order chi connectivity index (χ1) is 7.75. The van der Waals surface area contributed by atoms with Crippen molar-refractivity contribution in [3.8, 4) is 0 Å². The molecular weight excluding hydrogens is 202 g/mol. The van der Waals surface area contributed by atoms with E-state index in [1.807, 2.05) is 10.9 Å². The molecule has 90 valence electrons. The minimum atomic E-state index is 0.442. The third kappa shape index (κ3) is 3.06. The minimum absolute atomic E-state index is 0.442. The predicted octanol–water partition coefficient (Wildman–Crippen LogP) is 1.73. The van der Waals surface area contributed by atoms with Gasteiger partial charge in [0, 0.05) is 38.0 Å². The fourth-order valence-corrected chi connectivity index (χ4v) is 1.91. The van der Waals surface area contributed by atoms with Crippen LogP contribution in [0.15, 0.2) is 12.3 Å². The fourth-order valence-electron chi connectivity index (χ4n) is 1.91. The van der Waals surface area contributed by atoms with Gasteiger partial charge in [0.2, 0.25) is 0 Å². The van der Waals surface area contributed by atoms with Crippen LogP contribution in [0, 0.1) is 0 Å². The van der Waals surface area contributed by atoms with Crippen molar-refractivity contribution in [2.24, 2.45) is 0 Å². The van der Waals surface area contributed by atoms with Gasteiger partial charge in [-0.05, 0) is 32.8 Å². The summed E-state index contributed by atoms with van der Waals surface area (Å²) >= 11 is 0. The molecule has 0 atom stereocenters. The smallest absolute Gasteiger partial charge is 0.0762 e. The van der Waals surface area contributed by atoms with E-state index in [0.29, 0.717) is 12.1 Å². The topological polar surface area (TPSA) is 39.1 Å². The van der Waals surface area contributed by atoms with Gasteiger partial charge in [-0.2, -0.15) is 5.10 Å². The van der Waals surface area contributed by atoms with Crippen molar-refractivity contribution >= 4 is 0 Å². The molecule has 1 fully saturated rings.